The monoisotopic (exact) mass is 287 g/mol. The van der Waals surface area contributed by atoms with E-state index >= 15 is 0 Å². The summed E-state index contributed by atoms with van der Waals surface area (Å²) in [6.45, 7) is 2.77. The van der Waals surface area contributed by atoms with Gasteiger partial charge in [-0.05, 0) is 30.7 Å². The molecule has 2 aromatic rings. The summed E-state index contributed by atoms with van der Waals surface area (Å²) in [5, 5.41) is 14.1. The van der Waals surface area contributed by atoms with Gasteiger partial charge in [0.05, 0.1) is 11.5 Å². The molecule has 0 saturated heterocycles. The number of nitrogens with one attached hydrogen (secondary N) is 1. The summed E-state index contributed by atoms with van der Waals surface area (Å²) in [6, 6.07) is 12.3. The smallest absolute Gasteiger partial charge is 0.311 e. The van der Waals surface area contributed by atoms with Crippen LogP contribution in [0.15, 0.2) is 42.5 Å². The van der Waals surface area contributed by atoms with Crippen molar-refractivity contribution in [2.75, 3.05) is 17.7 Å². The van der Waals surface area contributed by atoms with Gasteiger partial charge >= 0.3 is 5.69 Å². The third-order valence-corrected chi connectivity index (χ3v) is 2.93. The number of ether oxygens (including phenoxy) is 1. The first-order valence-electron chi connectivity index (χ1n) is 6.59. The molecule has 0 aromatic heterocycles. The van der Waals surface area contributed by atoms with Crippen LogP contribution in [0.4, 0.5) is 17.1 Å². The lowest BCUT2D eigenvalue weighted by molar-refractivity contribution is -0.385. The molecule has 0 aliphatic rings. The van der Waals surface area contributed by atoms with Crippen molar-refractivity contribution >= 4 is 17.1 Å². The van der Waals surface area contributed by atoms with Gasteiger partial charge in [-0.2, -0.15) is 0 Å². The summed E-state index contributed by atoms with van der Waals surface area (Å²) in [6.07, 6.45) is 0. The van der Waals surface area contributed by atoms with Gasteiger partial charge in [0, 0.05) is 30.1 Å². The summed E-state index contributed by atoms with van der Waals surface area (Å²) >= 11 is 0. The molecule has 0 heterocycles. The Morgan fingerprint density at radius 2 is 1.95 bits per heavy atom. The largest absolute Gasteiger partial charge is 0.487 e. The zero-order chi connectivity index (χ0) is 15.2. The molecule has 2 aromatic carbocycles. The second-order valence-electron chi connectivity index (χ2n) is 4.47. The molecule has 0 amide bonds. The molecule has 2 rings (SSSR count). The van der Waals surface area contributed by atoms with E-state index in [2.05, 4.69) is 5.32 Å². The van der Waals surface area contributed by atoms with Gasteiger partial charge in [-0.15, -0.1) is 0 Å². The van der Waals surface area contributed by atoms with E-state index in [1.807, 2.05) is 24.3 Å². The number of rotatable bonds is 6. The number of benzene rings is 2. The van der Waals surface area contributed by atoms with Crippen LogP contribution in [0.2, 0.25) is 0 Å². The van der Waals surface area contributed by atoms with Gasteiger partial charge in [-0.1, -0.05) is 12.1 Å². The lowest BCUT2D eigenvalue weighted by atomic mass is 10.2. The SMILES string of the molecule is CCOc1cc(NCc2ccc(N)cc2)ccc1[N+](=O)[O-]. The number of hydrogen-bond donors (Lipinski definition) is 2. The Kier molecular flexibility index (Phi) is 4.61. The minimum absolute atomic E-state index is 0.0325. The lowest BCUT2D eigenvalue weighted by Gasteiger charge is -2.09. The molecule has 0 bridgehead atoms. The van der Waals surface area contributed by atoms with E-state index < -0.39 is 4.92 Å². The van der Waals surface area contributed by atoms with Gasteiger partial charge in [0.15, 0.2) is 5.75 Å². The maximum Gasteiger partial charge on any atom is 0.311 e. The Balaban J connectivity index is 2.11. The van der Waals surface area contributed by atoms with Crippen LogP contribution in [0.1, 0.15) is 12.5 Å². The zero-order valence-electron chi connectivity index (χ0n) is 11.7. The van der Waals surface area contributed by atoms with E-state index in [9.17, 15) is 10.1 Å². The highest BCUT2D eigenvalue weighted by Crippen LogP contribution is 2.30. The maximum atomic E-state index is 10.9. The zero-order valence-corrected chi connectivity index (χ0v) is 11.7. The van der Waals surface area contributed by atoms with E-state index in [0.29, 0.717) is 18.8 Å². The highest BCUT2D eigenvalue weighted by molar-refractivity contribution is 5.58. The topological polar surface area (TPSA) is 90.4 Å². The van der Waals surface area contributed by atoms with Gasteiger partial charge in [-0.3, -0.25) is 10.1 Å². The normalized spacial score (nSPS) is 10.1. The van der Waals surface area contributed by atoms with E-state index in [-0.39, 0.29) is 11.4 Å². The van der Waals surface area contributed by atoms with Crippen molar-refractivity contribution in [1.29, 1.82) is 0 Å². The van der Waals surface area contributed by atoms with Gasteiger partial charge in [-0.25, -0.2) is 0 Å². The van der Waals surface area contributed by atoms with Crippen molar-refractivity contribution < 1.29 is 9.66 Å². The number of anilines is 2. The fraction of sp³-hybridized carbons (Fsp3) is 0.200. The second kappa shape index (κ2) is 6.60. The molecule has 0 unspecified atom stereocenters. The molecule has 6 nitrogen and oxygen atoms in total. The van der Waals surface area contributed by atoms with Crippen LogP contribution in [0, 0.1) is 10.1 Å². The molecular weight excluding hydrogens is 270 g/mol. The third-order valence-electron chi connectivity index (χ3n) is 2.93. The van der Waals surface area contributed by atoms with Crippen LogP contribution in [-0.4, -0.2) is 11.5 Å². The van der Waals surface area contributed by atoms with Crippen molar-refractivity contribution in [2.24, 2.45) is 0 Å². The Labute approximate surface area is 122 Å². The number of nitro benzene ring substituents is 1. The van der Waals surface area contributed by atoms with Crippen molar-refractivity contribution in [3.05, 3.63) is 58.1 Å². The first-order valence-corrected chi connectivity index (χ1v) is 6.59. The lowest BCUT2D eigenvalue weighted by Crippen LogP contribution is -2.02. The summed E-state index contributed by atoms with van der Waals surface area (Å²) in [5.41, 5.74) is 8.15. The van der Waals surface area contributed by atoms with Crippen LogP contribution in [0.3, 0.4) is 0 Å². The summed E-state index contributed by atoms with van der Waals surface area (Å²) < 4.78 is 5.31. The van der Waals surface area contributed by atoms with Gasteiger partial charge in [0.1, 0.15) is 0 Å². The maximum absolute atomic E-state index is 10.9. The van der Waals surface area contributed by atoms with E-state index in [1.54, 1.807) is 19.1 Å². The van der Waals surface area contributed by atoms with E-state index in [0.717, 1.165) is 11.3 Å². The van der Waals surface area contributed by atoms with Crippen LogP contribution >= 0.6 is 0 Å². The number of nitrogens with zero attached hydrogens (tertiary/aromatic N) is 1. The highest BCUT2D eigenvalue weighted by Gasteiger charge is 2.15. The number of hydrogen-bond acceptors (Lipinski definition) is 5. The minimum atomic E-state index is -0.450. The average Bonchev–Trinajstić information content (AvgIpc) is 2.47. The Morgan fingerprint density at radius 3 is 2.57 bits per heavy atom. The average molecular weight is 287 g/mol. The standard InChI is InChI=1S/C15H17N3O3/c1-2-21-15-9-13(7-8-14(15)18(19)20)17-10-11-3-5-12(16)6-4-11/h3-9,17H,2,10,16H2,1H3. The van der Waals surface area contributed by atoms with E-state index in [1.165, 1.54) is 6.07 Å². The summed E-state index contributed by atoms with van der Waals surface area (Å²) in [4.78, 5) is 10.5. The predicted molar refractivity (Wildman–Crippen MR) is 82.4 cm³/mol. The van der Waals surface area contributed by atoms with Crippen molar-refractivity contribution in [1.82, 2.24) is 0 Å². The second-order valence-corrected chi connectivity index (χ2v) is 4.47. The molecule has 21 heavy (non-hydrogen) atoms. The molecule has 0 saturated carbocycles. The fourth-order valence-electron chi connectivity index (χ4n) is 1.89. The first-order chi connectivity index (χ1) is 10.1. The molecule has 0 radical (unpaired) electrons. The van der Waals surface area contributed by atoms with Crippen molar-refractivity contribution in [3.8, 4) is 5.75 Å². The van der Waals surface area contributed by atoms with Crippen LogP contribution < -0.4 is 15.8 Å². The van der Waals surface area contributed by atoms with Crippen LogP contribution in [0.25, 0.3) is 0 Å². The number of nitro groups is 1. The quantitative estimate of drug-likeness (QED) is 0.483. The molecule has 0 atom stereocenters. The first kappa shape index (κ1) is 14.6. The van der Waals surface area contributed by atoms with Crippen LogP contribution in [-0.2, 0) is 6.54 Å². The van der Waals surface area contributed by atoms with Crippen molar-refractivity contribution in [2.45, 2.75) is 13.5 Å². The molecule has 3 N–H and O–H groups in total. The molecule has 0 aliphatic heterocycles. The fourth-order valence-corrected chi connectivity index (χ4v) is 1.89. The molecule has 0 fully saturated rings. The highest BCUT2D eigenvalue weighted by atomic mass is 16.6. The number of nitrogen functional groups attached to an aromatic ring is 1. The van der Waals surface area contributed by atoms with Crippen molar-refractivity contribution in [3.63, 3.8) is 0 Å². The Hall–Kier alpha value is -2.76. The summed E-state index contributed by atoms with van der Waals surface area (Å²) in [7, 11) is 0. The number of nitrogens with two attached hydrogens (primary N) is 1. The predicted octanol–water partition coefficient (Wildman–Crippen LogP) is 3.19. The Morgan fingerprint density at radius 1 is 1.24 bits per heavy atom. The van der Waals surface area contributed by atoms with Gasteiger partial charge in [0.25, 0.3) is 0 Å². The third kappa shape index (κ3) is 3.85. The molecule has 110 valence electrons. The molecule has 6 heteroatoms. The van der Waals surface area contributed by atoms with Gasteiger partial charge < -0.3 is 15.8 Å². The molecule has 0 aliphatic carbocycles. The van der Waals surface area contributed by atoms with Crippen LogP contribution in [0.5, 0.6) is 5.75 Å². The van der Waals surface area contributed by atoms with E-state index in [4.69, 9.17) is 10.5 Å². The van der Waals surface area contributed by atoms with Gasteiger partial charge in [0.2, 0.25) is 0 Å². The molecule has 0 spiro atoms. The summed E-state index contributed by atoms with van der Waals surface area (Å²) in [5.74, 6) is 0.268. The Bertz CT molecular complexity index is 627. The minimum Gasteiger partial charge on any atom is -0.487 e. The molecular formula is C15H17N3O3.